The lowest BCUT2D eigenvalue weighted by molar-refractivity contribution is -0.168. The molecular weight excluding hydrogens is 272 g/mol. The van der Waals surface area contributed by atoms with Crippen molar-refractivity contribution in [2.24, 2.45) is 23.7 Å². The summed E-state index contributed by atoms with van der Waals surface area (Å²) in [6.07, 6.45) is 3.00. The van der Waals surface area contributed by atoms with Crippen LogP contribution in [0.2, 0.25) is 0 Å². The molecule has 5 atom stereocenters. The minimum Gasteiger partial charge on any atom is -0.374 e. The molecule has 0 bridgehead atoms. The Kier molecular flexibility index (Phi) is 4.70. The molecule has 2 aliphatic rings. The van der Waals surface area contributed by atoms with Gasteiger partial charge in [-0.1, -0.05) is 62.8 Å². The highest BCUT2D eigenvalue weighted by Gasteiger charge is 2.48. The van der Waals surface area contributed by atoms with E-state index in [9.17, 15) is 0 Å². The Morgan fingerprint density at radius 2 is 1.91 bits per heavy atom. The molecule has 0 N–H and O–H groups in total. The van der Waals surface area contributed by atoms with Crippen molar-refractivity contribution in [3.05, 3.63) is 47.5 Å². The van der Waals surface area contributed by atoms with Gasteiger partial charge >= 0.3 is 0 Å². The number of hydrogen-bond acceptors (Lipinski definition) is 2. The first-order chi connectivity index (χ1) is 10.6. The van der Waals surface area contributed by atoms with Crippen LogP contribution in [-0.2, 0) is 16.1 Å². The molecule has 0 saturated carbocycles. The molecule has 0 radical (unpaired) electrons. The second kappa shape index (κ2) is 6.55. The van der Waals surface area contributed by atoms with Gasteiger partial charge in [-0.15, -0.1) is 0 Å². The zero-order chi connectivity index (χ0) is 15.7. The van der Waals surface area contributed by atoms with Crippen molar-refractivity contribution in [3.63, 3.8) is 0 Å². The van der Waals surface area contributed by atoms with Crippen molar-refractivity contribution < 1.29 is 9.47 Å². The molecule has 3 rings (SSSR count). The molecule has 1 aliphatic carbocycles. The van der Waals surface area contributed by atoms with E-state index >= 15 is 0 Å². The molecule has 120 valence electrons. The average molecular weight is 300 g/mol. The SMILES string of the molecule is CC1=CC2C(C)C(C(C)C)OC(COCc3ccccc3)C12. The predicted molar refractivity (Wildman–Crippen MR) is 89.5 cm³/mol. The number of ether oxygens (including phenoxy) is 2. The Balaban J connectivity index is 1.61. The van der Waals surface area contributed by atoms with Gasteiger partial charge in [0.05, 0.1) is 25.4 Å². The van der Waals surface area contributed by atoms with Crippen LogP contribution in [0.1, 0.15) is 33.3 Å². The molecular formula is C20H28O2. The van der Waals surface area contributed by atoms with E-state index in [2.05, 4.69) is 58.0 Å². The van der Waals surface area contributed by atoms with Crippen LogP contribution in [0.4, 0.5) is 0 Å². The third-order valence-corrected chi connectivity index (χ3v) is 5.30. The maximum Gasteiger partial charge on any atom is 0.0883 e. The highest BCUT2D eigenvalue weighted by atomic mass is 16.5. The summed E-state index contributed by atoms with van der Waals surface area (Å²) in [7, 11) is 0. The van der Waals surface area contributed by atoms with Gasteiger partial charge < -0.3 is 9.47 Å². The minimum absolute atomic E-state index is 0.210. The monoisotopic (exact) mass is 300 g/mol. The van der Waals surface area contributed by atoms with E-state index in [1.54, 1.807) is 0 Å². The number of rotatable bonds is 5. The lowest BCUT2D eigenvalue weighted by Gasteiger charge is -2.52. The molecule has 22 heavy (non-hydrogen) atoms. The van der Waals surface area contributed by atoms with Crippen LogP contribution in [0.5, 0.6) is 0 Å². The summed E-state index contributed by atoms with van der Waals surface area (Å²) in [5.74, 6) is 2.40. The first-order valence-electron chi connectivity index (χ1n) is 8.53. The molecule has 0 aromatic heterocycles. The van der Waals surface area contributed by atoms with Gasteiger partial charge in [0.2, 0.25) is 0 Å². The standard InChI is InChI=1S/C20H28O2/c1-13(2)20-15(4)17-10-14(3)19(17)18(22-20)12-21-11-16-8-6-5-7-9-16/h5-10,13,15,17-20H,11-12H2,1-4H3. The second-order valence-electron chi connectivity index (χ2n) is 7.26. The Labute approximate surface area is 134 Å². The smallest absolute Gasteiger partial charge is 0.0883 e. The van der Waals surface area contributed by atoms with E-state index in [0.29, 0.717) is 43.0 Å². The lowest BCUT2D eigenvalue weighted by Crippen LogP contribution is -2.53. The molecule has 1 heterocycles. The predicted octanol–water partition coefficient (Wildman–Crippen LogP) is 4.46. The first-order valence-corrected chi connectivity index (χ1v) is 8.53. The number of hydrogen-bond donors (Lipinski definition) is 0. The fraction of sp³-hybridized carbons (Fsp3) is 0.600. The van der Waals surface area contributed by atoms with Crippen LogP contribution >= 0.6 is 0 Å². The summed E-state index contributed by atoms with van der Waals surface area (Å²) in [5, 5.41) is 0. The first kappa shape index (κ1) is 15.8. The van der Waals surface area contributed by atoms with Crippen molar-refractivity contribution in [2.75, 3.05) is 6.61 Å². The lowest BCUT2D eigenvalue weighted by atomic mass is 9.62. The van der Waals surface area contributed by atoms with Gasteiger partial charge in [-0.05, 0) is 30.2 Å². The Hall–Kier alpha value is -1.12. The van der Waals surface area contributed by atoms with Gasteiger partial charge in [0.15, 0.2) is 0 Å². The topological polar surface area (TPSA) is 18.5 Å². The van der Waals surface area contributed by atoms with E-state index < -0.39 is 0 Å². The molecule has 1 aromatic rings. The summed E-state index contributed by atoms with van der Waals surface area (Å²) < 4.78 is 12.4. The van der Waals surface area contributed by atoms with Gasteiger partial charge in [-0.2, -0.15) is 0 Å². The van der Waals surface area contributed by atoms with Gasteiger partial charge in [-0.3, -0.25) is 0 Å². The van der Waals surface area contributed by atoms with E-state index in [4.69, 9.17) is 9.47 Å². The highest BCUT2D eigenvalue weighted by molar-refractivity contribution is 5.25. The van der Waals surface area contributed by atoms with Crippen LogP contribution < -0.4 is 0 Å². The molecule has 0 spiro atoms. The zero-order valence-electron chi connectivity index (χ0n) is 14.2. The fourth-order valence-corrected chi connectivity index (χ4v) is 4.13. The highest BCUT2D eigenvalue weighted by Crippen LogP contribution is 2.48. The summed E-state index contributed by atoms with van der Waals surface area (Å²) >= 11 is 0. The van der Waals surface area contributed by atoms with Crippen molar-refractivity contribution in [1.29, 1.82) is 0 Å². The maximum atomic E-state index is 6.44. The zero-order valence-corrected chi connectivity index (χ0v) is 14.2. The summed E-state index contributed by atoms with van der Waals surface area (Å²) in [4.78, 5) is 0. The Morgan fingerprint density at radius 3 is 2.55 bits per heavy atom. The van der Waals surface area contributed by atoms with E-state index in [0.717, 1.165) is 0 Å². The van der Waals surface area contributed by atoms with Crippen LogP contribution in [0, 0.1) is 23.7 Å². The minimum atomic E-state index is 0.210. The summed E-state index contributed by atoms with van der Waals surface area (Å²) in [6, 6.07) is 10.4. The van der Waals surface area contributed by atoms with Gasteiger partial charge in [0, 0.05) is 5.92 Å². The van der Waals surface area contributed by atoms with Crippen LogP contribution in [0.15, 0.2) is 42.0 Å². The number of fused-ring (bicyclic) bond motifs is 1. The van der Waals surface area contributed by atoms with Crippen LogP contribution in [-0.4, -0.2) is 18.8 Å². The van der Waals surface area contributed by atoms with Crippen molar-refractivity contribution in [3.8, 4) is 0 Å². The van der Waals surface area contributed by atoms with E-state index in [1.165, 1.54) is 11.1 Å². The molecule has 2 nitrogen and oxygen atoms in total. The average Bonchev–Trinajstić information content (AvgIpc) is 2.49. The quantitative estimate of drug-likeness (QED) is 0.748. The van der Waals surface area contributed by atoms with E-state index in [-0.39, 0.29) is 6.10 Å². The Bertz CT molecular complexity index is 520. The largest absolute Gasteiger partial charge is 0.374 e. The normalized spacial score (nSPS) is 34.0. The van der Waals surface area contributed by atoms with Gasteiger partial charge in [0.25, 0.3) is 0 Å². The molecule has 1 saturated heterocycles. The van der Waals surface area contributed by atoms with Crippen molar-refractivity contribution in [1.82, 2.24) is 0 Å². The molecule has 1 fully saturated rings. The fourth-order valence-electron chi connectivity index (χ4n) is 4.13. The molecule has 1 aliphatic heterocycles. The van der Waals surface area contributed by atoms with Crippen molar-refractivity contribution >= 4 is 0 Å². The number of benzene rings is 1. The number of allylic oxidation sites excluding steroid dienone is 1. The Morgan fingerprint density at radius 1 is 1.18 bits per heavy atom. The maximum absolute atomic E-state index is 6.44. The molecule has 5 unspecified atom stereocenters. The van der Waals surface area contributed by atoms with E-state index in [1.807, 2.05) is 6.07 Å². The third kappa shape index (κ3) is 3.00. The van der Waals surface area contributed by atoms with Gasteiger partial charge in [-0.25, -0.2) is 0 Å². The molecule has 1 aromatic carbocycles. The van der Waals surface area contributed by atoms with Gasteiger partial charge in [0.1, 0.15) is 0 Å². The second-order valence-corrected chi connectivity index (χ2v) is 7.26. The van der Waals surface area contributed by atoms with Crippen molar-refractivity contribution in [2.45, 2.75) is 46.5 Å². The summed E-state index contributed by atoms with van der Waals surface area (Å²) in [5.41, 5.74) is 2.71. The molecule has 2 heteroatoms. The summed E-state index contributed by atoms with van der Waals surface area (Å²) in [6.45, 7) is 10.5. The molecule has 0 amide bonds. The van der Waals surface area contributed by atoms with Crippen LogP contribution in [0.25, 0.3) is 0 Å². The third-order valence-electron chi connectivity index (χ3n) is 5.30. The van der Waals surface area contributed by atoms with Crippen LogP contribution in [0.3, 0.4) is 0 Å².